The topological polar surface area (TPSA) is 110 Å². The molecule has 0 unspecified atom stereocenters. The van der Waals surface area contributed by atoms with Crippen LogP contribution in [-0.2, 0) is 20.8 Å². The average Bonchev–Trinajstić information content (AvgIpc) is 3.47. The molecular formula is C24H21N3O5. The molecule has 2 aromatic carbocycles. The van der Waals surface area contributed by atoms with Gasteiger partial charge in [0.2, 0.25) is 17.7 Å². The van der Waals surface area contributed by atoms with Crippen LogP contribution < -0.4 is 5.32 Å². The maximum Gasteiger partial charge on any atom is 0.271 e. The Bertz CT molecular complexity index is 1120. The Kier molecular flexibility index (Phi) is 4.84. The summed E-state index contributed by atoms with van der Waals surface area (Å²) in [4.78, 5) is 51.6. The van der Waals surface area contributed by atoms with Crippen molar-refractivity contribution in [2.45, 2.75) is 18.9 Å². The van der Waals surface area contributed by atoms with E-state index in [9.17, 15) is 24.5 Å². The highest BCUT2D eigenvalue weighted by Gasteiger charge is 2.61. The van der Waals surface area contributed by atoms with Gasteiger partial charge in [0.05, 0.1) is 16.8 Å². The van der Waals surface area contributed by atoms with Crippen molar-refractivity contribution in [1.29, 1.82) is 0 Å². The second kappa shape index (κ2) is 7.71. The molecule has 1 N–H and O–H groups in total. The number of nitro groups is 1. The van der Waals surface area contributed by atoms with E-state index in [-0.39, 0.29) is 41.4 Å². The van der Waals surface area contributed by atoms with Crippen LogP contribution in [0.25, 0.3) is 0 Å². The first-order valence-electron chi connectivity index (χ1n) is 10.6. The number of nitrogens with one attached hydrogen (secondary N) is 1. The Balaban J connectivity index is 1.45. The van der Waals surface area contributed by atoms with Crippen molar-refractivity contribution in [2.24, 2.45) is 23.7 Å². The molecule has 3 aliphatic rings. The number of amides is 3. The lowest BCUT2D eigenvalue weighted by Crippen LogP contribution is -2.49. The first-order valence-corrected chi connectivity index (χ1v) is 10.6. The van der Waals surface area contributed by atoms with Gasteiger partial charge in [0, 0.05) is 24.2 Å². The minimum absolute atomic E-state index is 0.0451. The number of carbonyl (C=O) groups excluding carboxylic acids is 3. The third-order valence-electron chi connectivity index (χ3n) is 6.72. The molecule has 1 saturated carbocycles. The number of hydrogen-bond acceptors (Lipinski definition) is 5. The van der Waals surface area contributed by atoms with E-state index in [4.69, 9.17) is 0 Å². The summed E-state index contributed by atoms with van der Waals surface area (Å²) in [5.74, 6) is -1.86. The Labute approximate surface area is 184 Å². The fraction of sp³-hybridized carbons (Fsp3) is 0.292. The second-order valence-electron chi connectivity index (χ2n) is 8.55. The number of non-ortho nitro benzene ring substituents is 1. The lowest BCUT2D eigenvalue weighted by molar-refractivity contribution is -0.384. The molecule has 1 heterocycles. The number of hydrogen-bond donors (Lipinski definition) is 1. The molecule has 2 fully saturated rings. The summed E-state index contributed by atoms with van der Waals surface area (Å²) in [5, 5.41) is 13.8. The molecule has 162 valence electrons. The minimum Gasteiger partial charge on any atom is -0.324 e. The number of benzene rings is 2. The van der Waals surface area contributed by atoms with Crippen LogP contribution in [0.15, 0.2) is 66.7 Å². The van der Waals surface area contributed by atoms with Crippen molar-refractivity contribution in [3.8, 4) is 0 Å². The Morgan fingerprint density at radius 3 is 2.31 bits per heavy atom. The van der Waals surface area contributed by atoms with Crippen molar-refractivity contribution in [2.75, 3.05) is 5.32 Å². The lowest BCUT2D eigenvalue weighted by Gasteiger charge is -2.27. The largest absolute Gasteiger partial charge is 0.324 e. The fourth-order valence-electron chi connectivity index (χ4n) is 5.29. The van der Waals surface area contributed by atoms with Gasteiger partial charge < -0.3 is 5.32 Å². The first kappa shape index (κ1) is 20.1. The van der Waals surface area contributed by atoms with E-state index in [1.165, 1.54) is 24.3 Å². The van der Waals surface area contributed by atoms with Crippen molar-refractivity contribution < 1.29 is 19.3 Å². The van der Waals surface area contributed by atoms with E-state index in [1.54, 1.807) is 0 Å². The molecule has 0 aromatic heterocycles. The van der Waals surface area contributed by atoms with Crippen LogP contribution >= 0.6 is 0 Å². The van der Waals surface area contributed by atoms with Gasteiger partial charge >= 0.3 is 0 Å². The smallest absolute Gasteiger partial charge is 0.271 e. The molecule has 2 bridgehead atoms. The van der Waals surface area contributed by atoms with Gasteiger partial charge in [-0.25, -0.2) is 0 Å². The van der Waals surface area contributed by atoms with Crippen LogP contribution in [0.1, 0.15) is 12.0 Å². The number of imide groups is 1. The van der Waals surface area contributed by atoms with Crippen LogP contribution in [0, 0.1) is 33.8 Å². The van der Waals surface area contributed by atoms with E-state index < -0.39 is 28.7 Å². The van der Waals surface area contributed by atoms with Gasteiger partial charge in [-0.3, -0.25) is 29.4 Å². The Morgan fingerprint density at radius 2 is 1.69 bits per heavy atom. The van der Waals surface area contributed by atoms with Crippen LogP contribution in [0.4, 0.5) is 11.4 Å². The SMILES string of the molecule is O=C(Nc1cccc([N+](=O)[O-])c1)[C@H](Cc1ccccc1)N1C(=O)[C@@H]2[C@@H](C1=O)[C@H]1C=C[C@@H]2C1. The third-order valence-corrected chi connectivity index (χ3v) is 6.72. The van der Waals surface area contributed by atoms with Gasteiger partial charge in [0.1, 0.15) is 6.04 Å². The van der Waals surface area contributed by atoms with Gasteiger partial charge in [0.15, 0.2) is 0 Å². The summed E-state index contributed by atoms with van der Waals surface area (Å²) in [6.07, 6.45) is 5.00. The molecule has 2 aromatic rings. The summed E-state index contributed by atoms with van der Waals surface area (Å²) in [7, 11) is 0. The predicted octanol–water partition coefficient (Wildman–Crippen LogP) is 2.95. The van der Waals surface area contributed by atoms with E-state index in [0.29, 0.717) is 0 Å². The maximum atomic E-state index is 13.3. The summed E-state index contributed by atoms with van der Waals surface area (Å²) >= 11 is 0. The number of likely N-dealkylation sites (tertiary alicyclic amines) is 1. The van der Waals surface area contributed by atoms with Crippen molar-refractivity contribution >= 4 is 29.1 Å². The fourth-order valence-corrected chi connectivity index (χ4v) is 5.29. The highest BCUT2D eigenvalue weighted by molar-refractivity contribution is 6.11. The number of allylic oxidation sites excluding steroid dienone is 2. The molecule has 0 spiro atoms. The van der Waals surface area contributed by atoms with Gasteiger partial charge in [-0.2, -0.15) is 0 Å². The summed E-state index contributed by atoms with van der Waals surface area (Å²) in [5.41, 5.74) is 0.890. The van der Waals surface area contributed by atoms with Crippen LogP contribution in [0.2, 0.25) is 0 Å². The molecule has 5 rings (SSSR count). The van der Waals surface area contributed by atoms with E-state index in [2.05, 4.69) is 5.32 Å². The Morgan fingerprint density at radius 1 is 1.03 bits per heavy atom. The highest BCUT2D eigenvalue weighted by atomic mass is 16.6. The van der Waals surface area contributed by atoms with Gasteiger partial charge in [0.25, 0.3) is 5.69 Å². The molecular weight excluding hydrogens is 410 g/mol. The number of anilines is 1. The van der Waals surface area contributed by atoms with Gasteiger partial charge in [-0.1, -0.05) is 48.6 Å². The molecule has 3 amide bonds. The van der Waals surface area contributed by atoms with E-state index in [0.717, 1.165) is 16.9 Å². The molecule has 5 atom stereocenters. The normalized spacial score (nSPS) is 26.3. The summed E-state index contributed by atoms with van der Waals surface area (Å²) < 4.78 is 0. The predicted molar refractivity (Wildman–Crippen MR) is 115 cm³/mol. The number of nitrogens with zero attached hydrogens (tertiary/aromatic N) is 2. The Hall–Kier alpha value is -3.81. The highest BCUT2D eigenvalue weighted by Crippen LogP contribution is 2.53. The number of rotatable bonds is 6. The quantitative estimate of drug-likeness (QED) is 0.327. The van der Waals surface area contributed by atoms with Gasteiger partial charge in [-0.05, 0) is 29.9 Å². The van der Waals surface area contributed by atoms with Crippen molar-refractivity contribution in [1.82, 2.24) is 4.90 Å². The number of nitro benzene ring substituents is 1. The number of fused-ring (bicyclic) bond motifs is 5. The molecule has 2 aliphatic carbocycles. The molecule has 8 heteroatoms. The van der Waals surface area contributed by atoms with Crippen LogP contribution in [0.3, 0.4) is 0 Å². The maximum absolute atomic E-state index is 13.3. The average molecular weight is 431 g/mol. The first-order chi connectivity index (χ1) is 15.4. The zero-order valence-corrected chi connectivity index (χ0v) is 17.1. The second-order valence-corrected chi connectivity index (χ2v) is 8.55. The molecule has 0 radical (unpaired) electrons. The van der Waals surface area contributed by atoms with Crippen molar-refractivity contribution in [3.63, 3.8) is 0 Å². The molecule has 1 saturated heterocycles. The third kappa shape index (κ3) is 3.28. The monoisotopic (exact) mass is 431 g/mol. The van der Waals surface area contributed by atoms with E-state index in [1.807, 2.05) is 42.5 Å². The molecule has 8 nitrogen and oxygen atoms in total. The van der Waals surface area contributed by atoms with Crippen molar-refractivity contribution in [3.05, 3.63) is 82.4 Å². The summed E-state index contributed by atoms with van der Waals surface area (Å²) in [6.45, 7) is 0. The van der Waals surface area contributed by atoms with Gasteiger partial charge in [-0.15, -0.1) is 0 Å². The number of carbonyl (C=O) groups is 3. The standard InChI is InChI=1S/C24H21N3O5/c28-22(25-17-7-4-8-18(13-17)27(31)32)19(11-14-5-2-1-3-6-14)26-23(29)20-15-9-10-16(12-15)21(20)24(26)30/h1-10,13,15-16,19-21H,11-12H2,(H,25,28)/t15-,16+,19-,20-,21-/m0/s1. The van der Waals surface area contributed by atoms with Crippen LogP contribution in [-0.4, -0.2) is 33.6 Å². The minimum atomic E-state index is -1.04. The van der Waals surface area contributed by atoms with Crippen LogP contribution in [0.5, 0.6) is 0 Å². The molecule has 32 heavy (non-hydrogen) atoms. The molecule has 1 aliphatic heterocycles. The lowest BCUT2D eigenvalue weighted by atomic mass is 9.85. The zero-order chi connectivity index (χ0) is 22.4. The summed E-state index contributed by atoms with van der Waals surface area (Å²) in [6, 6.07) is 13.7. The van der Waals surface area contributed by atoms with E-state index >= 15 is 0 Å². The zero-order valence-electron chi connectivity index (χ0n) is 17.1.